The second kappa shape index (κ2) is 11.2. The summed E-state index contributed by atoms with van der Waals surface area (Å²) in [5, 5.41) is 12.8. The van der Waals surface area contributed by atoms with Crippen molar-refractivity contribution in [1.29, 1.82) is 5.26 Å². The number of benzene rings is 1. The quantitative estimate of drug-likeness (QED) is 0.200. The molecule has 1 heterocycles. The van der Waals surface area contributed by atoms with Crippen LogP contribution in [0.5, 0.6) is 0 Å². The fraction of sp³-hybridized carbons (Fsp3) is 0.474. The Bertz CT molecular complexity index is 928. The maximum atomic E-state index is 11.7. The highest BCUT2D eigenvalue weighted by molar-refractivity contribution is 7.99. The van der Waals surface area contributed by atoms with Gasteiger partial charge in [-0.3, -0.25) is 14.4 Å². The summed E-state index contributed by atoms with van der Waals surface area (Å²) in [6, 6.07) is 7.51. The molecule has 31 heavy (non-hydrogen) atoms. The topological polar surface area (TPSA) is 161 Å². The predicted octanol–water partition coefficient (Wildman–Crippen LogP) is 2.48. The van der Waals surface area contributed by atoms with Crippen LogP contribution in [-0.4, -0.2) is 54.3 Å². The highest BCUT2D eigenvalue weighted by Gasteiger charge is 2.50. The molecule has 1 aliphatic heterocycles. The Kier molecular flexibility index (Phi) is 8.69. The van der Waals surface area contributed by atoms with Crippen molar-refractivity contribution in [3.63, 3.8) is 0 Å². The van der Waals surface area contributed by atoms with Crippen LogP contribution < -0.4 is 0 Å². The van der Waals surface area contributed by atoms with E-state index in [2.05, 4.69) is 10.0 Å². The van der Waals surface area contributed by atoms with Gasteiger partial charge in [-0.05, 0) is 23.7 Å². The summed E-state index contributed by atoms with van der Waals surface area (Å²) < 4.78 is 21.7. The van der Waals surface area contributed by atoms with Crippen molar-refractivity contribution < 1.29 is 33.3 Å². The first-order chi connectivity index (χ1) is 14.7. The summed E-state index contributed by atoms with van der Waals surface area (Å²) in [7, 11) is 0. The van der Waals surface area contributed by atoms with Gasteiger partial charge in [0.1, 0.15) is 36.4 Å². The lowest BCUT2D eigenvalue weighted by molar-refractivity contribution is -0.201. The van der Waals surface area contributed by atoms with Gasteiger partial charge < -0.3 is 18.9 Å². The fourth-order valence-electron chi connectivity index (χ4n) is 2.94. The van der Waals surface area contributed by atoms with Gasteiger partial charge in [-0.2, -0.15) is 5.26 Å². The van der Waals surface area contributed by atoms with Crippen molar-refractivity contribution in [3.05, 3.63) is 40.3 Å². The molecule has 2 rings (SSSR count). The van der Waals surface area contributed by atoms with E-state index >= 15 is 0 Å². The van der Waals surface area contributed by atoms with E-state index in [0.29, 0.717) is 10.5 Å². The van der Waals surface area contributed by atoms with E-state index in [1.54, 1.807) is 24.3 Å². The van der Waals surface area contributed by atoms with E-state index in [1.807, 2.05) is 6.07 Å². The van der Waals surface area contributed by atoms with Crippen LogP contribution in [0.2, 0.25) is 0 Å². The lowest BCUT2D eigenvalue weighted by Crippen LogP contribution is -2.59. The monoisotopic (exact) mass is 448 g/mol. The van der Waals surface area contributed by atoms with Gasteiger partial charge >= 0.3 is 17.9 Å². The summed E-state index contributed by atoms with van der Waals surface area (Å²) in [4.78, 5) is 38.1. The molecule has 0 spiro atoms. The second-order valence-corrected chi connectivity index (χ2v) is 7.62. The maximum absolute atomic E-state index is 11.7. The summed E-state index contributed by atoms with van der Waals surface area (Å²) in [5.74, 6) is -1.93. The molecule has 12 heteroatoms. The van der Waals surface area contributed by atoms with Gasteiger partial charge in [-0.1, -0.05) is 22.9 Å². The number of hydrogen-bond donors (Lipinski definition) is 0. The van der Waals surface area contributed by atoms with Crippen molar-refractivity contribution in [1.82, 2.24) is 0 Å². The standard InChI is InChI=1S/C19H20N4O7S/c1-10(24)27-9-15-17(28-11(2)25)16(22-23-21)18(29-12(3)26)19(30-15)31-14-6-4-5-13(7-14)8-20/h4-7,15-19H,9H2,1-3H3/t15?,16-,17-,18?,19+/m0/s1. The van der Waals surface area contributed by atoms with E-state index in [4.69, 9.17) is 29.7 Å². The van der Waals surface area contributed by atoms with E-state index < -0.39 is 47.7 Å². The van der Waals surface area contributed by atoms with Crippen molar-refractivity contribution in [2.45, 2.75) is 55.5 Å². The van der Waals surface area contributed by atoms with Crippen LogP contribution in [0.25, 0.3) is 10.4 Å². The first-order valence-corrected chi connectivity index (χ1v) is 9.97. The molecule has 1 aromatic carbocycles. The van der Waals surface area contributed by atoms with Crippen LogP contribution in [0.15, 0.2) is 34.3 Å². The van der Waals surface area contributed by atoms with Gasteiger partial charge in [0.25, 0.3) is 0 Å². The molecule has 0 aromatic heterocycles. The SMILES string of the molecule is CC(=O)OCC1O[C@H](Sc2cccc(C#N)c2)C(OC(C)=O)[C@@H](N=[N+]=[N-])[C@H]1OC(C)=O. The Labute approximate surface area is 182 Å². The maximum Gasteiger partial charge on any atom is 0.303 e. The molecule has 1 fully saturated rings. The minimum Gasteiger partial charge on any atom is -0.463 e. The van der Waals surface area contributed by atoms with Gasteiger partial charge in [0.05, 0.1) is 11.6 Å². The Morgan fingerprint density at radius 2 is 1.87 bits per heavy atom. The minimum atomic E-state index is -1.17. The third-order valence-corrected chi connectivity index (χ3v) is 5.21. The van der Waals surface area contributed by atoms with Crippen LogP contribution >= 0.6 is 11.8 Å². The molecule has 0 bridgehead atoms. The van der Waals surface area contributed by atoms with Crippen molar-refractivity contribution in [3.8, 4) is 6.07 Å². The number of esters is 3. The molecule has 0 saturated carbocycles. The molecule has 2 unspecified atom stereocenters. The molecule has 1 saturated heterocycles. The summed E-state index contributed by atoms with van der Waals surface area (Å²) >= 11 is 1.12. The van der Waals surface area contributed by atoms with Gasteiger partial charge in [0.2, 0.25) is 0 Å². The first-order valence-electron chi connectivity index (χ1n) is 9.09. The van der Waals surface area contributed by atoms with Crippen molar-refractivity contribution in [2.75, 3.05) is 6.61 Å². The molecule has 1 aliphatic rings. The van der Waals surface area contributed by atoms with Crippen LogP contribution in [0.3, 0.4) is 0 Å². The van der Waals surface area contributed by atoms with Crippen molar-refractivity contribution in [2.24, 2.45) is 5.11 Å². The zero-order valence-corrected chi connectivity index (χ0v) is 17.8. The largest absolute Gasteiger partial charge is 0.463 e. The predicted molar refractivity (Wildman–Crippen MR) is 106 cm³/mol. The van der Waals surface area contributed by atoms with Crippen molar-refractivity contribution >= 4 is 29.7 Å². The lowest BCUT2D eigenvalue weighted by atomic mass is 9.97. The average Bonchev–Trinajstić information content (AvgIpc) is 2.70. The van der Waals surface area contributed by atoms with Gasteiger partial charge in [0, 0.05) is 30.6 Å². The molecule has 11 nitrogen and oxygen atoms in total. The first kappa shape index (κ1) is 24.0. The summed E-state index contributed by atoms with van der Waals surface area (Å²) in [6.07, 6.45) is -3.28. The normalized spacial score (nSPS) is 24.8. The van der Waals surface area contributed by atoms with Crippen LogP contribution in [-0.2, 0) is 33.3 Å². The Morgan fingerprint density at radius 1 is 1.19 bits per heavy atom. The molecule has 1 aromatic rings. The van der Waals surface area contributed by atoms with Crippen LogP contribution in [0.1, 0.15) is 26.3 Å². The second-order valence-electron chi connectivity index (χ2n) is 6.45. The third-order valence-electron chi connectivity index (χ3n) is 4.07. The molecule has 0 amide bonds. The number of hydrogen-bond acceptors (Lipinski definition) is 10. The zero-order valence-electron chi connectivity index (χ0n) is 17.0. The molecular formula is C19H20N4O7S. The fourth-order valence-corrected chi connectivity index (χ4v) is 4.11. The van der Waals surface area contributed by atoms with Gasteiger partial charge in [-0.25, -0.2) is 0 Å². The summed E-state index contributed by atoms with van der Waals surface area (Å²) in [6.45, 7) is 3.25. The number of azide groups is 1. The van der Waals surface area contributed by atoms with Gasteiger partial charge in [0.15, 0.2) is 0 Å². The van der Waals surface area contributed by atoms with E-state index in [1.165, 1.54) is 13.8 Å². The number of rotatable bonds is 7. The smallest absolute Gasteiger partial charge is 0.303 e. The minimum absolute atomic E-state index is 0.285. The molecule has 164 valence electrons. The number of carbonyl (C=O) groups is 3. The number of nitriles is 1. The van der Waals surface area contributed by atoms with E-state index in [9.17, 15) is 14.4 Å². The van der Waals surface area contributed by atoms with E-state index in [0.717, 1.165) is 18.7 Å². The highest BCUT2D eigenvalue weighted by atomic mass is 32.2. The Morgan fingerprint density at radius 3 is 2.45 bits per heavy atom. The van der Waals surface area contributed by atoms with Crippen LogP contribution in [0.4, 0.5) is 0 Å². The van der Waals surface area contributed by atoms with E-state index in [-0.39, 0.29) is 6.61 Å². The number of thioether (sulfide) groups is 1. The Balaban J connectivity index is 2.45. The number of carbonyl (C=O) groups excluding carboxylic acids is 3. The highest BCUT2D eigenvalue weighted by Crippen LogP contribution is 2.37. The molecule has 0 N–H and O–H groups in total. The Hall–Kier alpha value is -3.26. The third kappa shape index (κ3) is 6.89. The number of nitrogens with zero attached hydrogens (tertiary/aromatic N) is 4. The molecule has 0 aliphatic carbocycles. The molecule has 5 atom stereocenters. The average molecular weight is 448 g/mol. The number of ether oxygens (including phenoxy) is 4. The molecule has 0 radical (unpaired) electrons. The molecular weight excluding hydrogens is 428 g/mol. The summed E-state index contributed by atoms with van der Waals surface area (Å²) in [5.41, 5.74) is 8.57. The van der Waals surface area contributed by atoms with Gasteiger partial charge in [-0.15, -0.1) is 0 Å². The lowest BCUT2D eigenvalue weighted by Gasteiger charge is -2.43. The van der Waals surface area contributed by atoms with Crippen LogP contribution in [0, 0.1) is 11.3 Å². The zero-order chi connectivity index (χ0) is 23.0.